The molecule has 6 heteroatoms. The van der Waals surface area contributed by atoms with Gasteiger partial charge in [0.1, 0.15) is 6.04 Å². The SMILES string of the molecule is CC(C(=O)O)N(C)C(=O)CSCC1CCCCO1. The molecule has 1 aliphatic heterocycles. The Morgan fingerprint density at radius 1 is 1.50 bits per heavy atom. The monoisotopic (exact) mass is 275 g/mol. The second-order valence-corrected chi connectivity index (χ2v) is 5.55. The van der Waals surface area contributed by atoms with Crippen LogP contribution in [0.4, 0.5) is 0 Å². The molecule has 0 saturated carbocycles. The number of carboxylic acid groups (broad SMARTS) is 1. The van der Waals surface area contributed by atoms with Gasteiger partial charge in [-0.3, -0.25) is 4.79 Å². The molecule has 5 nitrogen and oxygen atoms in total. The molecule has 0 aromatic rings. The summed E-state index contributed by atoms with van der Waals surface area (Å²) in [6.45, 7) is 2.32. The van der Waals surface area contributed by atoms with Crippen molar-refractivity contribution in [2.24, 2.45) is 0 Å². The van der Waals surface area contributed by atoms with E-state index in [4.69, 9.17) is 9.84 Å². The summed E-state index contributed by atoms with van der Waals surface area (Å²) < 4.78 is 5.57. The molecule has 0 aliphatic carbocycles. The second kappa shape index (κ2) is 7.63. The van der Waals surface area contributed by atoms with Gasteiger partial charge < -0.3 is 14.7 Å². The molecule has 1 aliphatic rings. The lowest BCUT2D eigenvalue weighted by Crippen LogP contribution is -2.41. The molecule has 0 aromatic carbocycles. The van der Waals surface area contributed by atoms with Gasteiger partial charge >= 0.3 is 5.97 Å². The third kappa shape index (κ3) is 4.86. The number of hydrogen-bond donors (Lipinski definition) is 1. The molecule has 18 heavy (non-hydrogen) atoms. The van der Waals surface area contributed by atoms with Crippen LogP contribution in [0.1, 0.15) is 26.2 Å². The predicted molar refractivity (Wildman–Crippen MR) is 70.8 cm³/mol. The first-order chi connectivity index (χ1) is 8.52. The zero-order valence-electron chi connectivity index (χ0n) is 10.9. The minimum atomic E-state index is -0.980. The van der Waals surface area contributed by atoms with E-state index in [-0.39, 0.29) is 12.0 Å². The van der Waals surface area contributed by atoms with Crippen LogP contribution in [0.15, 0.2) is 0 Å². The average molecular weight is 275 g/mol. The van der Waals surface area contributed by atoms with Gasteiger partial charge in [0.2, 0.25) is 5.91 Å². The number of thioether (sulfide) groups is 1. The minimum Gasteiger partial charge on any atom is -0.480 e. The lowest BCUT2D eigenvalue weighted by molar-refractivity contribution is -0.147. The molecule has 1 rings (SSSR count). The molecule has 1 saturated heterocycles. The first-order valence-electron chi connectivity index (χ1n) is 6.20. The van der Waals surface area contributed by atoms with Gasteiger partial charge in [0.15, 0.2) is 0 Å². The van der Waals surface area contributed by atoms with Crippen molar-refractivity contribution < 1.29 is 19.4 Å². The Bertz CT molecular complexity index is 292. The van der Waals surface area contributed by atoms with Crippen LogP contribution in [0.3, 0.4) is 0 Å². The number of amides is 1. The first kappa shape index (κ1) is 15.3. The third-order valence-electron chi connectivity index (χ3n) is 3.14. The fourth-order valence-corrected chi connectivity index (χ4v) is 2.72. The Hall–Kier alpha value is -0.750. The predicted octanol–water partition coefficient (Wildman–Crippen LogP) is 1.22. The minimum absolute atomic E-state index is 0.147. The van der Waals surface area contributed by atoms with Gasteiger partial charge in [-0.05, 0) is 26.2 Å². The molecule has 104 valence electrons. The van der Waals surface area contributed by atoms with Gasteiger partial charge in [-0.1, -0.05) is 0 Å². The zero-order valence-corrected chi connectivity index (χ0v) is 11.7. The maximum atomic E-state index is 11.7. The maximum absolute atomic E-state index is 11.7. The fraction of sp³-hybridized carbons (Fsp3) is 0.833. The largest absolute Gasteiger partial charge is 0.480 e. The van der Waals surface area contributed by atoms with E-state index in [0.717, 1.165) is 25.2 Å². The highest BCUT2D eigenvalue weighted by molar-refractivity contribution is 7.99. The molecule has 1 amide bonds. The van der Waals surface area contributed by atoms with Gasteiger partial charge in [-0.2, -0.15) is 0 Å². The van der Waals surface area contributed by atoms with Crippen LogP contribution >= 0.6 is 11.8 Å². The quantitative estimate of drug-likeness (QED) is 0.789. The van der Waals surface area contributed by atoms with E-state index in [1.54, 1.807) is 0 Å². The first-order valence-corrected chi connectivity index (χ1v) is 7.35. The van der Waals surface area contributed by atoms with Crippen LogP contribution < -0.4 is 0 Å². The molecule has 0 bridgehead atoms. The highest BCUT2D eigenvalue weighted by atomic mass is 32.2. The molecule has 1 N–H and O–H groups in total. The summed E-state index contributed by atoms with van der Waals surface area (Å²) in [6, 6.07) is -0.774. The Labute approximate surface area is 112 Å². The summed E-state index contributed by atoms with van der Waals surface area (Å²) in [4.78, 5) is 23.8. The zero-order chi connectivity index (χ0) is 13.5. The molecule has 1 heterocycles. The number of carbonyl (C=O) groups is 2. The van der Waals surface area contributed by atoms with Crippen molar-refractivity contribution in [1.29, 1.82) is 0 Å². The summed E-state index contributed by atoms with van der Waals surface area (Å²) in [6.07, 6.45) is 3.62. The van der Waals surface area contributed by atoms with Gasteiger partial charge in [-0.15, -0.1) is 11.8 Å². The van der Waals surface area contributed by atoms with Crippen molar-refractivity contribution in [1.82, 2.24) is 4.90 Å². The molecular formula is C12H21NO4S. The van der Waals surface area contributed by atoms with Crippen molar-refractivity contribution in [3.8, 4) is 0 Å². The van der Waals surface area contributed by atoms with E-state index >= 15 is 0 Å². The topological polar surface area (TPSA) is 66.8 Å². The van der Waals surface area contributed by atoms with Crippen molar-refractivity contribution in [2.75, 3.05) is 25.2 Å². The number of likely N-dealkylation sites (N-methyl/N-ethyl adjacent to an activating group) is 1. The van der Waals surface area contributed by atoms with Gasteiger partial charge in [0, 0.05) is 19.4 Å². The third-order valence-corrected chi connectivity index (χ3v) is 4.19. The average Bonchev–Trinajstić information content (AvgIpc) is 2.38. The maximum Gasteiger partial charge on any atom is 0.326 e. The van der Waals surface area contributed by atoms with Gasteiger partial charge in [-0.25, -0.2) is 4.79 Å². The van der Waals surface area contributed by atoms with Crippen LogP contribution in [0, 0.1) is 0 Å². The summed E-state index contributed by atoms with van der Waals surface area (Å²) in [5, 5.41) is 8.81. The number of carboxylic acids is 1. The molecule has 2 atom stereocenters. The molecule has 0 radical (unpaired) electrons. The Kier molecular flexibility index (Phi) is 6.49. The van der Waals surface area contributed by atoms with Crippen LogP contribution in [0.5, 0.6) is 0 Å². The van der Waals surface area contributed by atoms with E-state index < -0.39 is 12.0 Å². The van der Waals surface area contributed by atoms with Crippen molar-refractivity contribution in [3.05, 3.63) is 0 Å². The van der Waals surface area contributed by atoms with Crippen molar-refractivity contribution in [3.63, 3.8) is 0 Å². The highest BCUT2D eigenvalue weighted by Gasteiger charge is 2.22. The van der Waals surface area contributed by atoms with E-state index in [0.29, 0.717) is 5.75 Å². The summed E-state index contributed by atoms with van der Waals surface area (Å²) >= 11 is 1.52. The summed E-state index contributed by atoms with van der Waals surface area (Å²) in [5.41, 5.74) is 0. The molecule has 2 unspecified atom stereocenters. The van der Waals surface area contributed by atoms with E-state index in [1.165, 1.54) is 37.1 Å². The number of hydrogen-bond acceptors (Lipinski definition) is 4. The lowest BCUT2D eigenvalue weighted by Gasteiger charge is -2.23. The Balaban J connectivity index is 2.21. The second-order valence-electron chi connectivity index (χ2n) is 4.52. The van der Waals surface area contributed by atoms with E-state index in [9.17, 15) is 9.59 Å². The fourth-order valence-electron chi connectivity index (χ4n) is 1.70. The van der Waals surface area contributed by atoms with Crippen molar-refractivity contribution in [2.45, 2.75) is 38.3 Å². The smallest absolute Gasteiger partial charge is 0.326 e. The van der Waals surface area contributed by atoms with E-state index in [1.807, 2.05) is 0 Å². The number of rotatable bonds is 6. The van der Waals surface area contributed by atoms with Crippen LogP contribution in [0.2, 0.25) is 0 Å². The normalized spacial score (nSPS) is 21.3. The van der Waals surface area contributed by atoms with Gasteiger partial charge in [0.25, 0.3) is 0 Å². The summed E-state index contributed by atoms with van der Waals surface area (Å²) in [7, 11) is 1.53. The lowest BCUT2D eigenvalue weighted by atomic mass is 10.1. The van der Waals surface area contributed by atoms with Crippen LogP contribution in [0.25, 0.3) is 0 Å². The summed E-state index contributed by atoms with van der Waals surface area (Å²) in [5.74, 6) is -0.00757. The molecule has 0 spiro atoms. The van der Waals surface area contributed by atoms with Crippen LogP contribution in [-0.4, -0.2) is 59.2 Å². The number of ether oxygens (including phenoxy) is 1. The molecule has 0 aromatic heterocycles. The molecule has 1 fully saturated rings. The van der Waals surface area contributed by atoms with Gasteiger partial charge in [0.05, 0.1) is 11.9 Å². The Morgan fingerprint density at radius 3 is 2.78 bits per heavy atom. The van der Waals surface area contributed by atoms with Crippen molar-refractivity contribution >= 4 is 23.6 Å². The number of aliphatic carboxylic acids is 1. The molecular weight excluding hydrogens is 254 g/mol. The van der Waals surface area contributed by atoms with E-state index in [2.05, 4.69) is 0 Å². The Morgan fingerprint density at radius 2 is 2.22 bits per heavy atom. The number of nitrogens with zero attached hydrogens (tertiary/aromatic N) is 1. The van der Waals surface area contributed by atoms with Crippen LogP contribution in [-0.2, 0) is 14.3 Å². The standard InChI is InChI=1S/C12H21NO4S/c1-9(12(15)16)13(2)11(14)8-18-7-10-5-3-4-6-17-10/h9-10H,3-8H2,1-2H3,(H,15,16). The number of carbonyl (C=O) groups excluding carboxylic acids is 1. The highest BCUT2D eigenvalue weighted by Crippen LogP contribution is 2.17.